The first kappa shape index (κ1) is 14.0. The first-order valence-electron chi connectivity index (χ1n) is 5.48. The third kappa shape index (κ3) is 3.12. The fraction of sp³-hybridized carbons (Fsp3) is 0.231. The predicted molar refractivity (Wildman–Crippen MR) is 69.6 cm³/mol. The van der Waals surface area contributed by atoms with Gasteiger partial charge in [0.05, 0.1) is 5.69 Å². The number of ether oxygens (including phenoxy) is 1. The van der Waals surface area contributed by atoms with Crippen molar-refractivity contribution in [3.05, 3.63) is 46.2 Å². The molecule has 0 fully saturated rings. The van der Waals surface area contributed by atoms with E-state index in [4.69, 9.17) is 0 Å². The summed E-state index contributed by atoms with van der Waals surface area (Å²) in [6, 6.07) is 8.09. The highest BCUT2D eigenvalue weighted by Gasteiger charge is 2.32. The van der Waals surface area contributed by atoms with Gasteiger partial charge in [-0.3, -0.25) is 0 Å². The molecular weight excluding hydrogens is 323 g/mol. The standard InChI is InChI=1S/C13H11BrF3NO/c1-8-3-4-9(2)18(8)11-7-10(14)5-6-12(11)19-13(15,16)17/h3-7H,1-2H3. The van der Waals surface area contributed by atoms with Crippen molar-refractivity contribution in [3.8, 4) is 11.4 Å². The molecule has 19 heavy (non-hydrogen) atoms. The number of benzene rings is 1. The molecule has 0 aliphatic carbocycles. The molecule has 0 N–H and O–H groups in total. The van der Waals surface area contributed by atoms with Gasteiger partial charge in [-0.15, -0.1) is 13.2 Å². The van der Waals surface area contributed by atoms with E-state index < -0.39 is 6.36 Å². The molecule has 0 atom stereocenters. The smallest absolute Gasteiger partial charge is 0.404 e. The lowest BCUT2D eigenvalue weighted by Gasteiger charge is -2.17. The van der Waals surface area contributed by atoms with Crippen LogP contribution in [0.4, 0.5) is 13.2 Å². The molecule has 0 amide bonds. The van der Waals surface area contributed by atoms with Crippen molar-refractivity contribution in [2.45, 2.75) is 20.2 Å². The van der Waals surface area contributed by atoms with Crippen LogP contribution in [0.1, 0.15) is 11.4 Å². The van der Waals surface area contributed by atoms with E-state index in [-0.39, 0.29) is 5.75 Å². The maximum absolute atomic E-state index is 12.4. The molecular formula is C13H11BrF3NO. The van der Waals surface area contributed by atoms with Crippen LogP contribution in [0.25, 0.3) is 5.69 Å². The summed E-state index contributed by atoms with van der Waals surface area (Å²) in [4.78, 5) is 0. The molecule has 2 nitrogen and oxygen atoms in total. The van der Waals surface area contributed by atoms with Gasteiger partial charge in [-0.05, 0) is 44.2 Å². The molecule has 1 aromatic carbocycles. The van der Waals surface area contributed by atoms with Crippen LogP contribution < -0.4 is 4.74 Å². The van der Waals surface area contributed by atoms with Gasteiger partial charge < -0.3 is 9.30 Å². The molecule has 0 unspecified atom stereocenters. The van der Waals surface area contributed by atoms with E-state index in [1.807, 2.05) is 26.0 Å². The number of hydrogen-bond acceptors (Lipinski definition) is 1. The SMILES string of the molecule is Cc1ccc(C)n1-c1cc(Br)ccc1OC(F)(F)F. The van der Waals surface area contributed by atoms with Crippen molar-refractivity contribution in [2.24, 2.45) is 0 Å². The first-order chi connectivity index (χ1) is 8.78. The fourth-order valence-corrected chi connectivity index (χ4v) is 2.27. The van der Waals surface area contributed by atoms with Gasteiger partial charge in [0.15, 0.2) is 5.75 Å². The summed E-state index contributed by atoms with van der Waals surface area (Å²) in [5.41, 5.74) is 2.02. The Kier molecular flexibility index (Phi) is 3.62. The first-order valence-corrected chi connectivity index (χ1v) is 6.28. The zero-order valence-electron chi connectivity index (χ0n) is 10.3. The lowest BCUT2D eigenvalue weighted by atomic mass is 10.2. The second-order valence-corrected chi connectivity index (χ2v) is 5.03. The summed E-state index contributed by atoms with van der Waals surface area (Å²) in [5, 5.41) is 0. The molecule has 0 bridgehead atoms. The van der Waals surface area contributed by atoms with Gasteiger partial charge in [0.1, 0.15) is 0 Å². The lowest BCUT2D eigenvalue weighted by Crippen LogP contribution is -2.18. The van der Waals surface area contributed by atoms with Crippen LogP contribution in [0.2, 0.25) is 0 Å². The van der Waals surface area contributed by atoms with E-state index in [2.05, 4.69) is 20.7 Å². The Bertz CT molecular complexity index is 585. The molecule has 0 aliphatic heterocycles. The Hall–Kier alpha value is -1.43. The van der Waals surface area contributed by atoms with E-state index >= 15 is 0 Å². The van der Waals surface area contributed by atoms with E-state index in [9.17, 15) is 13.2 Å². The molecule has 6 heteroatoms. The molecule has 2 aromatic rings. The van der Waals surface area contributed by atoms with E-state index in [1.54, 1.807) is 10.6 Å². The van der Waals surface area contributed by atoms with Gasteiger partial charge in [0.25, 0.3) is 0 Å². The Balaban J connectivity index is 2.58. The normalized spacial score (nSPS) is 11.7. The summed E-state index contributed by atoms with van der Waals surface area (Å²) >= 11 is 3.26. The van der Waals surface area contributed by atoms with Crippen molar-refractivity contribution in [2.75, 3.05) is 0 Å². The zero-order chi connectivity index (χ0) is 14.2. The summed E-state index contributed by atoms with van der Waals surface area (Å²) < 4.78 is 43.7. The van der Waals surface area contributed by atoms with Gasteiger partial charge >= 0.3 is 6.36 Å². The highest BCUT2D eigenvalue weighted by molar-refractivity contribution is 9.10. The van der Waals surface area contributed by atoms with Gasteiger partial charge in [0, 0.05) is 15.9 Å². The van der Waals surface area contributed by atoms with E-state index in [1.165, 1.54) is 12.1 Å². The average molecular weight is 334 g/mol. The average Bonchev–Trinajstić information content (AvgIpc) is 2.60. The summed E-state index contributed by atoms with van der Waals surface area (Å²) in [6.07, 6.45) is -4.71. The maximum atomic E-state index is 12.4. The molecule has 1 aromatic heterocycles. The van der Waals surface area contributed by atoms with Crippen LogP contribution in [0.15, 0.2) is 34.8 Å². The number of halogens is 4. The number of hydrogen-bond donors (Lipinski definition) is 0. The minimum Gasteiger partial charge on any atom is -0.404 e. The Morgan fingerprint density at radius 2 is 1.63 bits per heavy atom. The third-order valence-electron chi connectivity index (χ3n) is 2.66. The molecule has 0 aliphatic rings. The minimum atomic E-state index is -4.71. The molecule has 1 heterocycles. The van der Waals surface area contributed by atoms with Crippen molar-refractivity contribution >= 4 is 15.9 Å². The highest BCUT2D eigenvalue weighted by atomic mass is 79.9. The van der Waals surface area contributed by atoms with Crippen LogP contribution >= 0.6 is 15.9 Å². The Labute approximate surface area is 116 Å². The molecule has 102 valence electrons. The van der Waals surface area contributed by atoms with Crippen molar-refractivity contribution in [1.82, 2.24) is 4.57 Å². The number of rotatable bonds is 2. The lowest BCUT2D eigenvalue weighted by molar-refractivity contribution is -0.274. The number of aryl methyl sites for hydroxylation is 2. The van der Waals surface area contributed by atoms with Crippen LogP contribution in [-0.2, 0) is 0 Å². The van der Waals surface area contributed by atoms with Crippen molar-refractivity contribution in [3.63, 3.8) is 0 Å². The van der Waals surface area contributed by atoms with Crippen LogP contribution in [0, 0.1) is 13.8 Å². The van der Waals surface area contributed by atoms with Crippen molar-refractivity contribution < 1.29 is 17.9 Å². The minimum absolute atomic E-state index is 0.224. The monoisotopic (exact) mass is 333 g/mol. The summed E-state index contributed by atoms with van der Waals surface area (Å²) in [6.45, 7) is 3.65. The number of nitrogens with zero attached hydrogens (tertiary/aromatic N) is 1. The second-order valence-electron chi connectivity index (χ2n) is 4.11. The topological polar surface area (TPSA) is 14.2 Å². The highest BCUT2D eigenvalue weighted by Crippen LogP contribution is 2.33. The van der Waals surface area contributed by atoms with Gasteiger partial charge in [-0.1, -0.05) is 15.9 Å². The van der Waals surface area contributed by atoms with Crippen LogP contribution in [0.3, 0.4) is 0 Å². The Morgan fingerprint density at radius 1 is 1.05 bits per heavy atom. The van der Waals surface area contributed by atoms with Gasteiger partial charge in [-0.25, -0.2) is 0 Å². The van der Waals surface area contributed by atoms with E-state index in [0.29, 0.717) is 10.2 Å². The summed E-state index contributed by atoms with van der Waals surface area (Å²) in [5.74, 6) is -0.224. The predicted octanol–water partition coefficient (Wildman–Crippen LogP) is 4.76. The Morgan fingerprint density at radius 3 is 2.16 bits per heavy atom. The number of aromatic nitrogens is 1. The van der Waals surface area contributed by atoms with Crippen LogP contribution in [0.5, 0.6) is 5.75 Å². The third-order valence-corrected chi connectivity index (χ3v) is 3.15. The van der Waals surface area contributed by atoms with Gasteiger partial charge in [-0.2, -0.15) is 0 Å². The largest absolute Gasteiger partial charge is 0.573 e. The van der Waals surface area contributed by atoms with E-state index in [0.717, 1.165) is 11.4 Å². The maximum Gasteiger partial charge on any atom is 0.573 e. The quantitative estimate of drug-likeness (QED) is 0.773. The van der Waals surface area contributed by atoms with Gasteiger partial charge in [0.2, 0.25) is 0 Å². The molecule has 0 radical (unpaired) electrons. The van der Waals surface area contributed by atoms with Crippen LogP contribution in [-0.4, -0.2) is 10.9 Å². The number of alkyl halides is 3. The van der Waals surface area contributed by atoms with Crippen molar-refractivity contribution in [1.29, 1.82) is 0 Å². The second kappa shape index (κ2) is 4.92. The molecule has 2 rings (SSSR count). The molecule has 0 saturated carbocycles. The molecule has 0 spiro atoms. The zero-order valence-corrected chi connectivity index (χ0v) is 11.8. The summed E-state index contributed by atoms with van der Waals surface area (Å²) in [7, 11) is 0. The fourth-order valence-electron chi connectivity index (χ4n) is 1.92. The molecule has 0 saturated heterocycles.